The second kappa shape index (κ2) is 15.1. The highest BCUT2D eigenvalue weighted by Crippen LogP contribution is 2.34. The zero-order chi connectivity index (χ0) is 33.5. The highest BCUT2D eigenvalue weighted by Gasteiger charge is 2.31. The van der Waals surface area contributed by atoms with Crippen molar-refractivity contribution in [1.29, 1.82) is 0 Å². The number of nitrogens with zero attached hydrogens (tertiary/aromatic N) is 2. The Morgan fingerprint density at radius 3 is 2.30 bits per heavy atom. The highest BCUT2D eigenvalue weighted by atomic mass is 32.2. The molecule has 1 fully saturated rings. The van der Waals surface area contributed by atoms with E-state index >= 15 is 0 Å². The zero-order valence-electron chi connectivity index (χ0n) is 28.0. The Kier molecular flexibility index (Phi) is 11.5. The maximum absolute atomic E-state index is 13.2. The molecule has 4 rings (SSSR count). The molecule has 0 saturated carbocycles. The topological polar surface area (TPSA) is 104 Å². The molecule has 46 heavy (non-hydrogen) atoms. The van der Waals surface area contributed by atoms with Crippen LogP contribution >= 0.6 is 0 Å². The Labute approximate surface area is 273 Å². The molecule has 1 aromatic heterocycles. The number of hydrogen-bond donors (Lipinski definition) is 0. The summed E-state index contributed by atoms with van der Waals surface area (Å²) in [4.78, 5) is 20.1. The monoisotopic (exact) mass is 650 g/mol. The molecule has 0 N–H and O–H groups in total. The third kappa shape index (κ3) is 9.10. The zero-order valence-corrected chi connectivity index (χ0v) is 28.8. The van der Waals surface area contributed by atoms with Gasteiger partial charge in [-0.15, -0.1) is 0 Å². The van der Waals surface area contributed by atoms with E-state index in [1.165, 1.54) is 5.56 Å². The van der Waals surface area contributed by atoms with Crippen molar-refractivity contribution in [3.8, 4) is 17.4 Å². The summed E-state index contributed by atoms with van der Waals surface area (Å²) in [6, 6.07) is 18.0. The second-order valence-electron chi connectivity index (χ2n) is 12.6. The fourth-order valence-corrected chi connectivity index (χ4v) is 6.01. The Bertz CT molecular complexity index is 1640. The molecule has 3 aromatic rings. The van der Waals surface area contributed by atoms with E-state index < -0.39 is 10.1 Å². The first-order valence-electron chi connectivity index (χ1n) is 15.5. The van der Waals surface area contributed by atoms with E-state index in [1.807, 2.05) is 35.2 Å². The van der Waals surface area contributed by atoms with Gasteiger partial charge in [-0.2, -0.15) is 8.42 Å². The molecular weight excluding hydrogens is 604 g/mol. The van der Waals surface area contributed by atoms with E-state index in [9.17, 15) is 13.2 Å². The summed E-state index contributed by atoms with van der Waals surface area (Å²) in [7, 11) is 1.38. The number of methoxy groups -OCH3 is 3. The number of hydrogen-bond acceptors (Lipinski definition) is 8. The smallest absolute Gasteiger partial charge is 0.264 e. The van der Waals surface area contributed by atoms with Crippen molar-refractivity contribution in [3.63, 3.8) is 0 Å². The molecule has 0 bridgehead atoms. The van der Waals surface area contributed by atoms with Crippen LogP contribution in [0.4, 0.5) is 0 Å². The molecule has 1 atom stereocenters. The third-order valence-electron chi connectivity index (χ3n) is 8.18. The Hall–Kier alpha value is -3.89. The van der Waals surface area contributed by atoms with Gasteiger partial charge in [-0.1, -0.05) is 57.2 Å². The van der Waals surface area contributed by atoms with Crippen LogP contribution in [0.5, 0.6) is 17.4 Å². The van der Waals surface area contributed by atoms with E-state index in [1.54, 1.807) is 21.3 Å². The summed E-state index contributed by atoms with van der Waals surface area (Å²) < 4.78 is 44.1. The van der Waals surface area contributed by atoms with Crippen molar-refractivity contribution in [2.75, 3.05) is 34.2 Å². The molecular formula is C36H46N2O7S. The fourth-order valence-electron chi connectivity index (χ4n) is 5.59. The molecule has 10 heteroatoms. The predicted molar refractivity (Wildman–Crippen MR) is 180 cm³/mol. The Balaban J connectivity index is 1.68. The summed E-state index contributed by atoms with van der Waals surface area (Å²) in [6.45, 7) is 7.11. The number of pyridine rings is 1. The van der Waals surface area contributed by atoms with Gasteiger partial charge in [0.15, 0.2) is 0 Å². The van der Waals surface area contributed by atoms with Gasteiger partial charge in [0, 0.05) is 35.7 Å². The van der Waals surface area contributed by atoms with E-state index in [2.05, 4.69) is 51.1 Å². The molecule has 0 unspecified atom stereocenters. The van der Waals surface area contributed by atoms with Crippen LogP contribution in [-0.4, -0.2) is 64.4 Å². The van der Waals surface area contributed by atoms with Gasteiger partial charge < -0.3 is 19.1 Å². The number of carbonyl (C=O) groups is 1. The number of carbonyl (C=O) groups excluding carboxylic acids is 1. The van der Waals surface area contributed by atoms with Crippen LogP contribution in [0.3, 0.4) is 0 Å². The molecule has 9 nitrogen and oxygen atoms in total. The van der Waals surface area contributed by atoms with Gasteiger partial charge in [0.25, 0.3) is 10.1 Å². The van der Waals surface area contributed by atoms with Crippen LogP contribution in [-0.2, 0) is 37.5 Å². The molecule has 248 valence electrons. The lowest BCUT2D eigenvalue weighted by atomic mass is 9.86. The molecule has 1 amide bonds. The normalized spacial score (nSPS) is 15.7. The predicted octanol–water partition coefficient (Wildman–Crippen LogP) is 6.33. The number of likely N-dealkylation sites (tertiary alicyclic amines) is 1. The summed E-state index contributed by atoms with van der Waals surface area (Å²) >= 11 is 0. The van der Waals surface area contributed by atoms with Gasteiger partial charge in [0.05, 0.1) is 45.9 Å². The van der Waals surface area contributed by atoms with Gasteiger partial charge in [0.2, 0.25) is 11.8 Å². The minimum Gasteiger partial charge on any atom is -0.497 e. The number of ether oxygens (including phenoxy) is 3. The summed E-state index contributed by atoms with van der Waals surface area (Å²) in [5, 5.41) is 0. The van der Waals surface area contributed by atoms with Crippen molar-refractivity contribution in [2.24, 2.45) is 0 Å². The fraction of sp³-hybridized carbons (Fsp3) is 0.444. The van der Waals surface area contributed by atoms with E-state index in [0.29, 0.717) is 49.6 Å². The Morgan fingerprint density at radius 1 is 0.957 bits per heavy atom. The third-order valence-corrected chi connectivity index (χ3v) is 8.77. The first-order chi connectivity index (χ1) is 21.8. The number of aryl methyl sites for hydroxylation is 1. The van der Waals surface area contributed by atoms with Gasteiger partial charge in [0.1, 0.15) is 11.5 Å². The van der Waals surface area contributed by atoms with E-state index in [0.717, 1.165) is 40.6 Å². The number of unbranched alkanes of at least 4 members (excludes halogenated alkanes) is 1. The number of benzene rings is 2. The first-order valence-corrected chi connectivity index (χ1v) is 17.4. The summed E-state index contributed by atoms with van der Waals surface area (Å²) in [6.07, 6.45) is 6.32. The molecule has 0 radical (unpaired) electrons. The summed E-state index contributed by atoms with van der Waals surface area (Å²) in [5.74, 6) is 1.96. The van der Waals surface area contributed by atoms with Gasteiger partial charge in [-0.25, -0.2) is 4.98 Å². The summed E-state index contributed by atoms with van der Waals surface area (Å²) in [5.41, 5.74) is 5.71. The standard InChI is InChI=1S/C36H46N2O7S/c1-36(2,3)28-15-11-25(12-16-28)31(32-19-14-26(35(37-32)44-6)10-8-9-21-45-46(7,40)41)22-29-17-20-34(39)38(29)24-27-13-18-30(42-4)23-33(27)43-5/h11-16,18-19,22-23,29H,8-10,17,20-21,24H2,1-7H3/t29-/m1/s1. The van der Waals surface area contributed by atoms with E-state index in [-0.39, 0.29) is 24.0 Å². The quantitative estimate of drug-likeness (QED) is 0.147. The van der Waals surface area contributed by atoms with Crippen LogP contribution in [0, 0.1) is 0 Å². The van der Waals surface area contributed by atoms with Gasteiger partial charge in [-0.3, -0.25) is 8.98 Å². The average Bonchev–Trinajstić information content (AvgIpc) is 3.37. The second-order valence-corrected chi connectivity index (χ2v) is 14.2. The Morgan fingerprint density at radius 2 is 1.67 bits per heavy atom. The molecule has 0 spiro atoms. The lowest BCUT2D eigenvalue weighted by Crippen LogP contribution is -2.31. The molecule has 2 aromatic carbocycles. The maximum atomic E-state index is 13.2. The van der Waals surface area contributed by atoms with Crippen LogP contribution in [0.1, 0.15) is 74.4 Å². The SMILES string of the molecule is COc1ccc(CN2C(=O)CC[C@@H]2C=C(c2ccc(C(C)(C)C)cc2)c2ccc(CCCCOS(C)(=O)=O)c(OC)n2)c(OC)c1. The van der Waals surface area contributed by atoms with Crippen LogP contribution in [0.25, 0.3) is 5.57 Å². The van der Waals surface area contributed by atoms with Crippen molar-refractivity contribution < 1.29 is 31.6 Å². The van der Waals surface area contributed by atoms with Crippen LogP contribution < -0.4 is 14.2 Å². The maximum Gasteiger partial charge on any atom is 0.264 e. The largest absolute Gasteiger partial charge is 0.497 e. The number of rotatable bonds is 14. The minimum absolute atomic E-state index is 0.00394. The van der Waals surface area contributed by atoms with Crippen LogP contribution in [0.15, 0.2) is 60.7 Å². The number of aromatic nitrogens is 1. The minimum atomic E-state index is -3.46. The molecule has 1 saturated heterocycles. The number of amides is 1. The van der Waals surface area contributed by atoms with Crippen LogP contribution in [0.2, 0.25) is 0 Å². The molecule has 0 aliphatic carbocycles. The molecule has 1 aliphatic heterocycles. The molecule has 2 heterocycles. The average molecular weight is 651 g/mol. The van der Waals surface area contributed by atoms with Gasteiger partial charge >= 0.3 is 0 Å². The van der Waals surface area contributed by atoms with Crippen molar-refractivity contribution in [3.05, 3.63) is 88.6 Å². The lowest BCUT2D eigenvalue weighted by Gasteiger charge is -2.25. The highest BCUT2D eigenvalue weighted by molar-refractivity contribution is 7.85. The lowest BCUT2D eigenvalue weighted by molar-refractivity contribution is -0.129. The van der Waals surface area contributed by atoms with Crippen molar-refractivity contribution in [2.45, 2.75) is 70.9 Å². The van der Waals surface area contributed by atoms with E-state index in [4.69, 9.17) is 23.4 Å². The van der Waals surface area contributed by atoms with Gasteiger partial charge in [-0.05, 0) is 60.4 Å². The molecule has 1 aliphatic rings. The van der Waals surface area contributed by atoms with Crippen molar-refractivity contribution >= 4 is 21.6 Å². The first kappa shape index (κ1) is 35.0. The van der Waals surface area contributed by atoms with Crippen molar-refractivity contribution in [1.82, 2.24) is 9.88 Å².